The highest BCUT2D eigenvalue weighted by molar-refractivity contribution is 5.93. The van der Waals surface area contributed by atoms with Crippen LogP contribution in [-0.4, -0.2) is 15.0 Å². The maximum absolute atomic E-state index is 12.7. The van der Waals surface area contributed by atoms with Crippen molar-refractivity contribution in [2.24, 2.45) is 0 Å². The fourth-order valence-corrected chi connectivity index (χ4v) is 3.14. The number of fused-ring (bicyclic) bond motifs is 1. The van der Waals surface area contributed by atoms with E-state index in [-0.39, 0.29) is 24.6 Å². The Bertz CT molecular complexity index is 1090. The van der Waals surface area contributed by atoms with Crippen LogP contribution in [-0.2, 0) is 17.9 Å². The molecule has 6 heteroatoms. The molecular weight excluding hydrogens is 330 g/mol. The van der Waals surface area contributed by atoms with E-state index in [4.69, 9.17) is 0 Å². The molecular formula is C20H21N3O3. The number of amides is 1. The summed E-state index contributed by atoms with van der Waals surface area (Å²) >= 11 is 0. The van der Waals surface area contributed by atoms with Gasteiger partial charge in [0, 0.05) is 12.2 Å². The third kappa shape index (κ3) is 3.06. The Labute approximate surface area is 150 Å². The second kappa shape index (κ2) is 7.00. The molecule has 1 aromatic heterocycles. The molecule has 0 aliphatic rings. The summed E-state index contributed by atoms with van der Waals surface area (Å²) in [4.78, 5) is 37.8. The third-order valence-corrected chi connectivity index (χ3v) is 4.50. The lowest BCUT2D eigenvalue weighted by atomic mass is 10.1. The van der Waals surface area contributed by atoms with Crippen LogP contribution in [0, 0.1) is 13.8 Å². The SMILES string of the molecule is CCn1c(=O)c2ccccc2n(CC(=O)Nc2c(C)cccc2C)c1=O. The summed E-state index contributed by atoms with van der Waals surface area (Å²) in [5, 5.41) is 3.31. The minimum absolute atomic E-state index is 0.159. The fraction of sp³-hybridized carbons (Fsp3) is 0.250. The number of anilines is 1. The molecule has 1 N–H and O–H groups in total. The van der Waals surface area contributed by atoms with E-state index in [9.17, 15) is 14.4 Å². The van der Waals surface area contributed by atoms with Crippen molar-refractivity contribution < 1.29 is 4.79 Å². The van der Waals surface area contributed by atoms with Gasteiger partial charge in [-0.3, -0.25) is 18.7 Å². The predicted molar refractivity (Wildman–Crippen MR) is 103 cm³/mol. The summed E-state index contributed by atoms with van der Waals surface area (Å²) in [7, 11) is 0. The van der Waals surface area contributed by atoms with E-state index in [0.717, 1.165) is 21.4 Å². The molecule has 3 rings (SSSR count). The molecule has 0 aliphatic carbocycles. The molecule has 0 fully saturated rings. The zero-order valence-electron chi connectivity index (χ0n) is 15.1. The molecule has 0 unspecified atom stereocenters. The number of benzene rings is 2. The van der Waals surface area contributed by atoms with E-state index in [1.54, 1.807) is 31.2 Å². The lowest BCUT2D eigenvalue weighted by molar-refractivity contribution is -0.116. The van der Waals surface area contributed by atoms with Crippen molar-refractivity contribution in [3.8, 4) is 0 Å². The summed E-state index contributed by atoms with van der Waals surface area (Å²) in [5.41, 5.74) is 2.30. The molecule has 134 valence electrons. The highest BCUT2D eigenvalue weighted by atomic mass is 16.2. The highest BCUT2D eigenvalue weighted by Crippen LogP contribution is 2.19. The molecule has 0 aliphatic heterocycles. The van der Waals surface area contributed by atoms with Gasteiger partial charge in [-0.1, -0.05) is 30.3 Å². The number of nitrogens with one attached hydrogen (secondary N) is 1. The van der Waals surface area contributed by atoms with Gasteiger partial charge in [-0.25, -0.2) is 4.79 Å². The van der Waals surface area contributed by atoms with Gasteiger partial charge in [-0.05, 0) is 44.0 Å². The predicted octanol–water partition coefficient (Wildman–Crippen LogP) is 2.44. The maximum Gasteiger partial charge on any atom is 0.331 e. The van der Waals surface area contributed by atoms with E-state index in [2.05, 4.69) is 5.32 Å². The average Bonchev–Trinajstić information content (AvgIpc) is 2.62. The van der Waals surface area contributed by atoms with Crippen molar-refractivity contribution >= 4 is 22.5 Å². The van der Waals surface area contributed by atoms with Crippen LogP contribution in [0.15, 0.2) is 52.1 Å². The van der Waals surface area contributed by atoms with Crippen molar-refractivity contribution in [3.05, 3.63) is 74.4 Å². The van der Waals surface area contributed by atoms with Crippen molar-refractivity contribution in [1.29, 1.82) is 0 Å². The minimum atomic E-state index is -0.479. The first-order valence-electron chi connectivity index (χ1n) is 8.52. The van der Waals surface area contributed by atoms with Gasteiger partial charge in [0.05, 0.1) is 10.9 Å². The first kappa shape index (κ1) is 17.7. The number of nitrogens with zero attached hydrogens (tertiary/aromatic N) is 2. The zero-order valence-corrected chi connectivity index (χ0v) is 15.1. The van der Waals surface area contributed by atoms with E-state index in [0.29, 0.717) is 10.9 Å². The molecule has 0 saturated heterocycles. The Morgan fingerprint density at radius 3 is 2.27 bits per heavy atom. The number of aromatic nitrogens is 2. The van der Waals surface area contributed by atoms with Crippen LogP contribution in [0.3, 0.4) is 0 Å². The van der Waals surface area contributed by atoms with E-state index in [1.807, 2.05) is 32.0 Å². The van der Waals surface area contributed by atoms with Gasteiger partial charge < -0.3 is 5.32 Å². The van der Waals surface area contributed by atoms with Gasteiger partial charge in [0.25, 0.3) is 5.56 Å². The highest BCUT2D eigenvalue weighted by Gasteiger charge is 2.15. The Morgan fingerprint density at radius 2 is 1.62 bits per heavy atom. The summed E-state index contributed by atoms with van der Waals surface area (Å²) < 4.78 is 2.50. The monoisotopic (exact) mass is 351 g/mol. The van der Waals surface area contributed by atoms with Gasteiger partial charge in [-0.15, -0.1) is 0 Å². The van der Waals surface area contributed by atoms with Crippen molar-refractivity contribution in [2.45, 2.75) is 33.9 Å². The Balaban J connectivity index is 2.05. The Morgan fingerprint density at radius 1 is 0.962 bits per heavy atom. The number of aryl methyl sites for hydroxylation is 2. The molecule has 3 aromatic rings. The van der Waals surface area contributed by atoms with E-state index < -0.39 is 5.69 Å². The molecule has 2 aromatic carbocycles. The quantitative estimate of drug-likeness (QED) is 0.785. The minimum Gasteiger partial charge on any atom is -0.324 e. The second-order valence-electron chi connectivity index (χ2n) is 6.25. The number of hydrogen-bond acceptors (Lipinski definition) is 3. The summed E-state index contributed by atoms with van der Waals surface area (Å²) in [6.07, 6.45) is 0. The molecule has 6 nitrogen and oxygen atoms in total. The standard InChI is InChI=1S/C20H21N3O3/c1-4-22-19(25)15-10-5-6-11-16(15)23(20(22)26)12-17(24)21-18-13(2)8-7-9-14(18)3/h5-11H,4,12H2,1-3H3,(H,21,24). The lowest BCUT2D eigenvalue weighted by Crippen LogP contribution is -2.41. The smallest absolute Gasteiger partial charge is 0.324 e. The largest absolute Gasteiger partial charge is 0.331 e. The zero-order chi connectivity index (χ0) is 18.8. The summed E-state index contributed by atoms with van der Waals surface area (Å²) in [5.74, 6) is -0.309. The van der Waals surface area contributed by atoms with Crippen molar-refractivity contribution in [1.82, 2.24) is 9.13 Å². The maximum atomic E-state index is 12.7. The van der Waals surface area contributed by atoms with E-state index >= 15 is 0 Å². The van der Waals surface area contributed by atoms with Crippen molar-refractivity contribution in [2.75, 3.05) is 5.32 Å². The van der Waals surface area contributed by atoms with Crippen LogP contribution in [0.1, 0.15) is 18.1 Å². The van der Waals surface area contributed by atoms with Gasteiger partial charge in [-0.2, -0.15) is 0 Å². The van der Waals surface area contributed by atoms with Crippen LogP contribution in [0.5, 0.6) is 0 Å². The molecule has 1 amide bonds. The van der Waals surface area contributed by atoms with Gasteiger partial charge >= 0.3 is 5.69 Å². The topological polar surface area (TPSA) is 73.1 Å². The molecule has 26 heavy (non-hydrogen) atoms. The number of hydrogen-bond donors (Lipinski definition) is 1. The fourth-order valence-electron chi connectivity index (χ4n) is 3.14. The van der Waals surface area contributed by atoms with Crippen LogP contribution in [0.4, 0.5) is 5.69 Å². The first-order valence-corrected chi connectivity index (χ1v) is 8.52. The molecule has 0 saturated carbocycles. The van der Waals surface area contributed by atoms with Crippen molar-refractivity contribution in [3.63, 3.8) is 0 Å². The molecule has 0 radical (unpaired) electrons. The van der Waals surface area contributed by atoms with Crippen LogP contribution < -0.4 is 16.6 Å². The van der Waals surface area contributed by atoms with Crippen LogP contribution >= 0.6 is 0 Å². The lowest BCUT2D eigenvalue weighted by Gasteiger charge is -2.15. The molecule has 0 bridgehead atoms. The molecule has 0 atom stereocenters. The summed E-state index contributed by atoms with van der Waals surface area (Å²) in [6.45, 7) is 5.66. The summed E-state index contributed by atoms with van der Waals surface area (Å²) in [6, 6.07) is 12.6. The Hall–Kier alpha value is -3.15. The normalized spacial score (nSPS) is 10.9. The number of carbonyl (C=O) groups is 1. The number of rotatable bonds is 4. The van der Waals surface area contributed by atoms with Gasteiger partial charge in [0.2, 0.25) is 5.91 Å². The van der Waals surface area contributed by atoms with Gasteiger partial charge in [0.1, 0.15) is 6.54 Å². The van der Waals surface area contributed by atoms with Crippen LogP contribution in [0.25, 0.3) is 10.9 Å². The average molecular weight is 351 g/mol. The molecule has 0 spiro atoms. The Kier molecular flexibility index (Phi) is 4.75. The number of carbonyl (C=O) groups excluding carboxylic acids is 1. The third-order valence-electron chi connectivity index (χ3n) is 4.50. The van der Waals surface area contributed by atoms with E-state index in [1.165, 1.54) is 4.57 Å². The first-order chi connectivity index (χ1) is 12.4. The van der Waals surface area contributed by atoms with Gasteiger partial charge in [0.15, 0.2) is 0 Å². The van der Waals surface area contributed by atoms with Crippen LogP contribution in [0.2, 0.25) is 0 Å². The second-order valence-corrected chi connectivity index (χ2v) is 6.25. The number of para-hydroxylation sites is 2. The molecule has 1 heterocycles.